The molecule has 1 amide bonds. The Kier molecular flexibility index (Phi) is 6.95. The number of ether oxygens (including phenoxy) is 3. The van der Waals surface area contributed by atoms with Crippen molar-refractivity contribution < 1.29 is 28.6 Å². The van der Waals surface area contributed by atoms with Crippen molar-refractivity contribution in [3.05, 3.63) is 52.5 Å². The van der Waals surface area contributed by atoms with Crippen LogP contribution in [0.4, 0.5) is 5.69 Å². The van der Waals surface area contributed by atoms with Crippen molar-refractivity contribution in [2.75, 3.05) is 25.1 Å². The molecule has 0 radical (unpaired) electrons. The summed E-state index contributed by atoms with van der Waals surface area (Å²) in [5, 5.41) is 2.99. The Morgan fingerprint density at radius 1 is 1.07 bits per heavy atom. The van der Waals surface area contributed by atoms with E-state index in [9.17, 15) is 14.4 Å². The molecule has 0 atom stereocenters. The molecule has 1 aliphatic heterocycles. The zero-order chi connectivity index (χ0) is 21.7. The first kappa shape index (κ1) is 21.6. The maximum Gasteiger partial charge on any atom is 0.338 e. The highest BCUT2D eigenvalue weighted by Crippen LogP contribution is 2.38. The van der Waals surface area contributed by atoms with Gasteiger partial charge in [-0.05, 0) is 36.4 Å². The number of hydrogen-bond donors (Lipinski definition) is 1. The van der Waals surface area contributed by atoms with Gasteiger partial charge in [-0.3, -0.25) is 9.59 Å². The molecule has 8 heteroatoms. The number of Topliss-reactive ketones (excluding diaryl/α,β-unsaturated/α-hetero) is 1. The van der Waals surface area contributed by atoms with E-state index in [1.165, 1.54) is 12.1 Å². The summed E-state index contributed by atoms with van der Waals surface area (Å²) in [6, 6.07) is 9.30. The topological polar surface area (TPSA) is 90.9 Å². The van der Waals surface area contributed by atoms with Crippen LogP contribution in [0, 0.1) is 5.92 Å². The Morgan fingerprint density at radius 3 is 2.47 bits per heavy atom. The summed E-state index contributed by atoms with van der Waals surface area (Å²) in [6.07, 6.45) is 0.708. The van der Waals surface area contributed by atoms with Gasteiger partial charge in [-0.25, -0.2) is 4.79 Å². The maximum atomic E-state index is 12.4. The number of esters is 1. The summed E-state index contributed by atoms with van der Waals surface area (Å²) in [6.45, 7) is 4.08. The molecule has 0 saturated heterocycles. The highest BCUT2D eigenvalue weighted by atomic mass is 35.5. The van der Waals surface area contributed by atoms with E-state index >= 15 is 0 Å². The van der Waals surface area contributed by atoms with E-state index in [1.54, 1.807) is 38.1 Å². The molecule has 158 valence electrons. The van der Waals surface area contributed by atoms with Crippen molar-refractivity contribution in [3.8, 4) is 11.5 Å². The second kappa shape index (κ2) is 9.63. The molecular formula is C22H22ClNO6. The molecule has 1 aliphatic rings. The second-order valence-electron chi connectivity index (χ2n) is 7.06. The zero-order valence-corrected chi connectivity index (χ0v) is 17.5. The van der Waals surface area contributed by atoms with E-state index in [-0.39, 0.29) is 28.2 Å². The molecule has 2 aromatic carbocycles. The molecule has 0 saturated carbocycles. The molecule has 3 rings (SSSR count). The number of amides is 1. The summed E-state index contributed by atoms with van der Waals surface area (Å²) in [4.78, 5) is 36.4. The number of carbonyl (C=O) groups excluding carboxylic acids is 3. The lowest BCUT2D eigenvalue weighted by molar-refractivity contribution is -0.118. The lowest BCUT2D eigenvalue weighted by Gasteiger charge is -2.11. The van der Waals surface area contributed by atoms with Crippen LogP contribution in [0.1, 0.15) is 41.0 Å². The summed E-state index contributed by atoms with van der Waals surface area (Å²) >= 11 is 6.18. The quantitative estimate of drug-likeness (QED) is 0.546. The Balaban J connectivity index is 1.61. The fraction of sp³-hybridized carbons (Fsp3) is 0.318. The van der Waals surface area contributed by atoms with Gasteiger partial charge in [0, 0.05) is 23.6 Å². The summed E-state index contributed by atoms with van der Waals surface area (Å²) in [5.74, 6) is -0.558. The van der Waals surface area contributed by atoms with Gasteiger partial charge in [-0.15, -0.1) is 0 Å². The van der Waals surface area contributed by atoms with Crippen LogP contribution < -0.4 is 14.8 Å². The molecule has 0 aliphatic carbocycles. The van der Waals surface area contributed by atoms with Gasteiger partial charge >= 0.3 is 5.97 Å². The first-order chi connectivity index (χ1) is 14.3. The molecule has 0 aromatic heterocycles. The monoisotopic (exact) mass is 431 g/mol. The highest BCUT2D eigenvalue weighted by molar-refractivity contribution is 6.32. The van der Waals surface area contributed by atoms with Gasteiger partial charge in [0.2, 0.25) is 5.91 Å². The molecular weight excluding hydrogens is 410 g/mol. The number of ketones is 1. The third-order valence-electron chi connectivity index (χ3n) is 4.37. The Morgan fingerprint density at radius 2 is 1.77 bits per heavy atom. The molecule has 1 heterocycles. The van der Waals surface area contributed by atoms with E-state index in [4.69, 9.17) is 25.8 Å². The number of hydrogen-bond acceptors (Lipinski definition) is 6. The molecule has 2 aromatic rings. The van der Waals surface area contributed by atoms with Gasteiger partial charge in [-0.1, -0.05) is 25.4 Å². The van der Waals surface area contributed by atoms with E-state index in [0.29, 0.717) is 42.4 Å². The molecule has 1 N–H and O–H groups in total. The predicted octanol–water partition coefficient (Wildman–Crippen LogP) is 4.14. The van der Waals surface area contributed by atoms with Crippen LogP contribution in [0.5, 0.6) is 11.5 Å². The number of carbonyl (C=O) groups is 3. The lowest BCUT2D eigenvalue weighted by Crippen LogP contribution is -2.18. The van der Waals surface area contributed by atoms with Gasteiger partial charge in [0.1, 0.15) is 0 Å². The minimum absolute atomic E-state index is 0.114. The van der Waals surface area contributed by atoms with Gasteiger partial charge in [-0.2, -0.15) is 0 Å². The maximum absolute atomic E-state index is 12.4. The highest BCUT2D eigenvalue weighted by Gasteiger charge is 2.20. The minimum Gasteiger partial charge on any atom is -0.489 e. The van der Waals surface area contributed by atoms with Crippen molar-refractivity contribution >= 4 is 34.9 Å². The fourth-order valence-corrected chi connectivity index (χ4v) is 2.94. The third kappa shape index (κ3) is 5.30. The number of benzene rings is 2. The SMILES string of the molecule is CC(C)C(=O)Nc1ccc(C(=O)COC(=O)c2cc(Cl)c3c(c2)OCCCO3)cc1. The van der Waals surface area contributed by atoms with Crippen LogP contribution in [-0.2, 0) is 9.53 Å². The van der Waals surface area contributed by atoms with Crippen LogP contribution in [-0.4, -0.2) is 37.5 Å². The molecule has 0 unspecified atom stereocenters. The minimum atomic E-state index is -0.693. The average Bonchev–Trinajstić information content (AvgIpc) is 2.98. The van der Waals surface area contributed by atoms with Crippen molar-refractivity contribution in [2.45, 2.75) is 20.3 Å². The largest absolute Gasteiger partial charge is 0.489 e. The van der Waals surface area contributed by atoms with E-state index in [1.807, 2.05) is 0 Å². The normalized spacial score (nSPS) is 12.8. The Bertz CT molecular complexity index is 955. The third-order valence-corrected chi connectivity index (χ3v) is 4.65. The summed E-state index contributed by atoms with van der Waals surface area (Å²) < 4.78 is 16.2. The number of nitrogens with one attached hydrogen (secondary N) is 1. The standard InChI is InChI=1S/C22H22ClNO6/c1-13(2)21(26)24-16-6-4-14(5-7-16)18(25)12-30-22(27)15-10-17(23)20-19(11-15)28-8-3-9-29-20/h4-7,10-11,13H,3,8-9,12H2,1-2H3,(H,24,26). The van der Waals surface area contributed by atoms with Gasteiger partial charge in [0.05, 0.1) is 23.8 Å². The average molecular weight is 432 g/mol. The molecule has 0 spiro atoms. The molecule has 0 fully saturated rings. The van der Waals surface area contributed by atoms with Gasteiger partial charge in [0.15, 0.2) is 23.9 Å². The smallest absolute Gasteiger partial charge is 0.338 e. The number of rotatable bonds is 6. The Labute approximate surface area is 179 Å². The van der Waals surface area contributed by atoms with Crippen LogP contribution >= 0.6 is 11.6 Å². The Hall–Kier alpha value is -3.06. The van der Waals surface area contributed by atoms with E-state index in [0.717, 1.165) is 0 Å². The first-order valence-electron chi connectivity index (χ1n) is 9.55. The molecule has 30 heavy (non-hydrogen) atoms. The van der Waals surface area contributed by atoms with Crippen LogP contribution in [0.3, 0.4) is 0 Å². The van der Waals surface area contributed by atoms with Gasteiger partial charge < -0.3 is 19.5 Å². The van der Waals surface area contributed by atoms with Crippen molar-refractivity contribution in [2.24, 2.45) is 5.92 Å². The summed E-state index contributed by atoms with van der Waals surface area (Å²) in [7, 11) is 0. The van der Waals surface area contributed by atoms with Crippen LogP contribution in [0.25, 0.3) is 0 Å². The fourth-order valence-electron chi connectivity index (χ4n) is 2.67. The number of anilines is 1. The second-order valence-corrected chi connectivity index (χ2v) is 7.46. The van der Waals surface area contributed by atoms with Crippen molar-refractivity contribution in [3.63, 3.8) is 0 Å². The molecule has 0 bridgehead atoms. The number of fused-ring (bicyclic) bond motifs is 1. The van der Waals surface area contributed by atoms with Crippen LogP contribution in [0.15, 0.2) is 36.4 Å². The first-order valence-corrected chi connectivity index (χ1v) is 9.93. The van der Waals surface area contributed by atoms with E-state index < -0.39 is 12.6 Å². The summed E-state index contributed by atoms with van der Waals surface area (Å²) in [5.41, 5.74) is 1.12. The molecule has 7 nitrogen and oxygen atoms in total. The van der Waals surface area contributed by atoms with Gasteiger partial charge in [0.25, 0.3) is 0 Å². The van der Waals surface area contributed by atoms with Crippen molar-refractivity contribution in [1.29, 1.82) is 0 Å². The van der Waals surface area contributed by atoms with Crippen LogP contribution in [0.2, 0.25) is 5.02 Å². The zero-order valence-electron chi connectivity index (χ0n) is 16.7. The number of halogens is 1. The van der Waals surface area contributed by atoms with Crippen molar-refractivity contribution in [1.82, 2.24) is 0 Å². The van der Waals surface area contributed by atoms with E-state index in [2.05, 4.69) is 5.32 Å². The lowest BCUT2D eigenvalue weighted by atomic mass is 10.1. The predicted molar refractivity (Wildman–Crippen MR) is 112 cm³/mol.